The predicted octanol–water partition coefficient (Wildman–Crippen LogP) is 3.67. The fraction of sp³-hybridized carbons (Fsp3) is 0.333. The van der Waals surface area contributed by atoms with Crippen LogP contribution in [0.25, 0.3) is 0 Å². The first-order valence-electron chi connectivity index (χ1n) is 5.12. The van der Waals surface area contributed by atoms with E-state index in [4.69, 9.17) is 0 Å². The molecule has 0 aliphatic rings. The molecule has 16 heavy (non-hydrogen) atoms. The third-order valence-corrected chi connectivity index (χ3v) is 2.00. The van der Waals surface area contributed by atoms with Gasteiger partial charge in [0.05, 0.1) is 5.69 Å². The summed E-state index contributed by atoms with van der Waals surface area (Å²) in [5, 5.41) is 3.05. The Morgan fingerprint density at radius 2 is 2.12 bits per heavy atom. The fourth-order valence-corrected chi connectivity index (χ4v) is 1.28. The highest BCUT2D eigenvalue weighted by molar-refractivity contribution is 5.56. The molecule has 0 radical (unpaired) electrons. The van der Waals surface area contributed by atoms with Crippen LogP contribution in [0, 0.1) is 0 Å². The molecule has 0 aliphatic carbocycles. The molecule has 1 aromatic rings. The van der Waals surface area contributed by atoms with Gasteiger partial charge in [0.15, 0.2) is 0 Å². The van der Waals surface area contributed by atoms with Gasteiger partial charge in [-0.2, -0.15) is 8.78 Å². The van der Waals surface area contributed by atoms with Crippen LogP contribution in [0.4, 0.5) is 14.5 Å². The second-order valence-electron chi connectivity index (χ2n) is 3.23. The summed E-state index contributed by atoms with van der Waals surface area (Å²) < 4.78 is 28.5. The molecule has 0 amide bonds. The normalized spacial score (nSPS) is 10.2. The standard InChI is InChI=1S/C12H15F2NO/c1-2-3-6-9-15-10-7-4-5-8-11(10)16-12(13)14/h2,4-5,7-8,12,15H,1,3,6,9H2. The van der Waals surface area contributed by atoms with Crippen LogP contribution in [0.15, 0.2) is 36.9 Å². The number of para-hydroxylation sites is 2. The van der Waals surface area contributed by atoms with Gasteiger partial charge in [-0.05, 0) is 25.0 Å². The molecular formula is C12H15F2NO. The molecule has 1 rings (SSSR count). The Labute approximate surface area is 93.9 Å². The van der Waals surface area contributed by atoms with E-state index >= 15 is 0 Å². The third-order valence-electron chi connectivity index (χ3n) is 2.00. The molecule has 0 fully saturated rings. The molecule has 0 unspecified atom stereocenters. The highest BCUT2D eigenvalue weighted by Crippen LogP contribution is 2.25. The van der Waals surface area contributed by atoms with Crippen LogP contribution in [0.2, 0.25) is 0 Å². The summed E-state index contributed by atoms with van der Waals surface area (Å²) in [5.74, 6) is 0.177. The highest BCUT2D eigenvalue weighted by Gasteiger charge is 2.07. The maximum absolute atomic E-state index is 12.1. The maximum Gasteiger partial charge on any atom is 0.387 e. The van der Waals surface area contributed by atoms with Crippen molar-refractivity contribution in [3.05, 3.63) is 36.9 Å². The van der Waals surface area contributed by atoms with E-state index in [9.17, 15) is 8.78 Å². The average Bonchev–Trinajstić information content (AvgIpc) is 2.26. The zero-order chi connectivity index (χ0) is 11.8. The number of allylic oxidation sites excluding steroid dienone is 1. The fourth-order valence-electron chi connectivity index (χ4n) is 1.28. The Kier molecular flexibility index (Phi) is 5.32. The molecule has 4 heteroatoms. The van der Waals surface area contributed by atoms with E-state index in [2.05, 4.69) is 16.6 Å². The summed E-state index contributed by atoms with van der Waals surface area (Å²) in [6, 6.07) is 6.66. The molecule has 1 aromatic carbocycles. The SMILES string of the molecule is C=CCCCNc1ccccc1OC(F)F. The summed E-state index contributed by atoms with van der Waals surface area (Å²) in [4.78, 5) is 0. The van der Waals surface area contributed by atoms with E-state index in [-0.39, 0.29) is 5.75 Å². The zero-order valence-electron chi connectivity index (χ0n) is 8.96. The number of nitrogens with one attached hydrogen (secondary N) is 1. The second-order valence-corrected chi connectivity index (χ2v) is 3.23. The Hall–Kier alpha value is -1.58. The summed E-state index contributed by atoms with van der Waals surface area (Å²) in [6.45, 7) is 1.52. The molecular weight excluding hydrogens is 212 g/mol. The maximum atomic E-state index is 12.1. The molecule has 0 atom stereocenters. The Morgan fingerprint density at radius 3 is 2.81 bits per heavy atom. The molecule has 2 nitrogen and oxygen atoms in total. The van der Waals surface area contributed by atoms with Gasteiger partial charge in [-0.3, -0.25) is 0 Å². The van der Waals surface area contributed by atoms with Gasteiger partial charge in [0.2, 0.25) is 0 Å². The van der Waals surface area contributed by atoms with Crippen molar-refractivity contribution in [2.24, 2.45) is 0 Å². The number of hydrogen-bond donors (Lipinski definition) is 1. The number of alkyl halides is 2. The van der Waals surface area contributed by atoms with Crippen LogP contribution >= 0.6 is 0 Å². The van der Waals surface area contributed by atoms with Crippen molar-refractivity contribution < 1.29 is 13.5 Å². The van der Waals surface area contributed by atoms with Crippen molar-refractivity contribution in [3.8, 4) is 5.75 Å². The van der Waals surface area contributed by atoms with Gasteiger partial charge >= 0.3 is 6.61 Å². The lowest BCUT2D eigenvalue weighted by atomic mass is 10.2. The lowest BCUT2D eigenvalue weighted by Crippen LogP contribution is -2.07. The van der Waals surface area contributed by atoms with Crippen molar-refractivity contribution in [3.63, 3.8) is 0 Å². The van der Waals surface area contributed by atoms with Crippen molar-refractivity contribution in [1.29, 1.82) is 0 Å². The van der Waals surface area contributed by atoms with Crippen molar-refractivity contribution >= 4 is 5.69 Å². The van der Waals surface area contributed by atoms with Crippen LogP contribution in [0.5, 0.6) is 5.75 Å². The molecule has 0 heterocycles. The quantitative estimate of drug-likeness (QED) is 0.567. The number of unbranched alkanes of at least 4 members (excludes halogenated alkanes) is 1. The molecule has 0 saturated carbocycles. The Balaban J connectivity index is 2.53. The lowest BCUT2D eigenvalue weighted by molar-refractivity contribution is -0.0493. The van der Waals surface area contributed by atoms with E-state index in [1.165, 1.54) is 6.07 Å². The van der Waals surface area contributed by atoms with Gasteiger partial charge in [-0.25, -0.2) is 0 Å². The van der Waals surface area contributed by atoms with Gasteiger partial charge in [0.25, 0.3) is 0 Å². The average molecular weight is 227 g/mol. The van der Waals surface area contributed by atoms with Crippen molar-refractivity contribution in [2.75, 3.05) is 11.9 Å². The third kappa shape index (κ3) is 4.29. The molecule has 1 N–H and O–H groups in total. The van der Waals surface area contributed by atoms with Crippen LogP contribution in [-0.2, 0) is 0 Å². The number of rotatable bonds is 7. The predicted molar refractivity (Wildman–Crippen MR) is 61.0 cm³/mol. The Morgan fingerprint density at radius 1 is 1.38 bits per heavy atom. The Bertz CT molecular complexity index is 329. The summed E-state index contributed by atoms with van der Waals surface area (Å²) in [7, 11) is 0. The van der Waals surface area contributed by atoms with Crippen molar-refractivity contribution in [1.82, 2.24) is 0 Å². The minimum absolute atomic E-state index is 0.177. The topological polar surface area (TPSA) is 21.3 Å². The summed E-state index contributed by atoms with van der Waals surface area (Å²) >= 11 is 0. The smallest absolute Gasteiger partial charge is 0.387 e. The van der Waals surface area contributed by atoms with E-state index in [1.54, 1.807) is 18.2 Å². The zero-order valence-corrected chi connectivity index (χ0v) is 8.96. The first-order chi connectivity index (χ1) is 7.74. The highest BCUT2D eigenvalue weighted by atomic mass is 19.3. The second kappa shape index (κ2) is 6.82. The van der Waals surface area contributed by atoms with E-state index in [1.807, 2.05) is 6.08 Å². The van der Waals surface area contributed by atoms with Crippen LogP contribution in [0.1, 0.15) is 12.8 Å². The molecule has 88 valence electrons. The van der Waals surface area contributed by atoms with E-state index in [0.29, 0.717) is 12.2 Å². The number of anilines is 1. The number of ether oxygens (including phenoxy) is 1. The number of halogens is 2. The van der Waals surface area contributed by atoms with Gasteiger partial charge in [0, 0.05) is 6.54 Å². The summed E-state index contributed by atoms with van der Waals surface area (Å²) in [6.07, 6.45) is 3.63. The number of hydrogen-bond acceptors (Lipinski definition) is 2. The van der Waals surface area contributed by atoms with Crippen LogP contribution in [0.3, 0.4) is 0 Å². The van der Waals surface area contributed by atoms with E-state index < -0.39 is 6.61 Å². The molecule has 0 aliphatic heterocycles. The molecule has 0 bridgehead atoms. The molecule has 0 saturated heterocycles. The minimum Gasteiger partial charge on any atom is -0.433 e. The van der Waals surface area contributed by atoms with Gasteiger partial charge < -0.3 is 10.1 Å². The van der Waals surface area contributed by atoms with Crippen LogP contribution < -0.4 is 10.1 Å². The summed E-state index contributed by atoms with van der Waals surface area (Å²) in [5.41, 5.74) is 0.590. The molecule has 0 spiro atoms. The molecule has 0 aromatic heterocycles. The minimum atomic E-state index is -2.80. The monoisotopic (exact) mass is 227 g/mol. The largest absolute Gasteiger partial charge is 0.433 e. The van der Waals surface area contributed by atoms with Gasteiger partial charge in [-0.15, -0.1) is 6.58 Å². The van der Waals surface area contributed by atoms with E-state index in [0.717, 1.165) is 12.8 Å². The van der Waals surface area contributed by atoms with Crippen LogP contribution in [-0.4, -0.2) is 13.2 Å². The lowest BCUT2D eigenvalue weighted by Gasteiger charge is -2.11. The first kappa shape index (κ1) is 12.5. The van der Waals surface area contributed by atoms with Crippen molar-refractivity contribution in [2.45, 2.75) is 19.5 Å². The van der Waals surface area contributed by atoms with Gasteiger partial charge in [0.1, 0.15) is 5.75 Å². The first-order valence-corrected chi connectivity index (χ1v) is 5.12. The number of benzene rings is 1. The van der Waals surface area contributed by atoms with Gasteiger partial charge in [-0.1, -0.05) is 18.2 Å².